The molecule has 4 nitrogen and oxygen atoms in total. The molecule has 0 aromatic heterocycles. The van der Waals surface area contributed by atoms with E-state index in [1.54, 1.807) is 17.2 Å². The summed E-state index contributed by atoms with van der Waals surface area (Å²) in [6.45, 7) is 0. The van der Waals surface area contributed by atoms with E-state index in [-0.39, 0.29) is 11.9 Å². The van der Waals surface area contributed by atoms with Gasteiger partial charge in [-0.05, 0) is 0 Å². The molecule has 2 aliphatic heterocycles. The Hall–Kier alpha value is -0.970. The third kappa shape index (κ3) is 1.23. The van der Waals surface area contributed by atoms with Crippen LogP contribution in [0.4, 0.5) is 0 Å². The summed E-state index contributed by atoms with van der Waals surface area (Å²) in [5, 5.41) is 1.69. The molecule has 1 unspecified atom stereocenters. The van der Waals surface area contributed by atoms with Gasteiger partial charge in [0.05, 0.1) is 13.2 Å². The average molecular weight is 199 g/mol. The van der Waals surface area contributed by atoms with E-state index in [2.05, 4.69) is 4.74 Å². The van der Waals surface area contributed by atoms with Gasteiger partial charge in [0.15, 0.2) is 0 Å². The van der Waals surface area contributed by atoms with Gasteiger partial charge in [0.25, 0.3) is 0 Å². The smallest absolute Gasteiger partial charge is 0.355 e. The van der Waals surface area contributed by atoms with Crippen molar-refractivity contribution in [3.63, 3.8) is 0 Å². The van der Waals surface area contributed by atoms with Gasteiger partial charge >= 0.3 is 5.97 Å². The van der Waals surface area contributed by atoms with E-state index in [1.165, 1.54) is 12.0 Å². The van der Waals surface area contributed by atoms with Crippen molar-refractivity contribution in [2.45, 2.75) is 12.5 Å². The van der Waals surface area contributed by atoms with E-state index in [0.717, 1.165) is 5.75 Å². The third-order valence-corrected chi connectivity index (χ3v) is 3.15. The maximum atomic E-state index is 11.2. The summed E-state index contributed by atoms with van der Waals surface area (Å²) in [7, 11) is 1.32. The summed E-state index contributed by atoms with van der Waals surface area (Å²) in [6, 6.07) is 0.205. The molecule has 70 valence electrons. The molecule has 1 atom stereocenters. The van der Waals surface area contributed by atoms with Crippen molar-refractivity contribution >= 4 is 23.6 Å². The van der Waals surface area contributed by atoms with E-state index in [0.29, 0.717) is 12.1 Å². The Kier molecular flexibility index (Phi) is 2.03. The maximum absolute atomic E-state index is 11.2. The number of amides is 1. The Morgan fingerprint density at radius 1 is 1.77 bits per heavy atom. The Bertz CT molecular complexity index is 300. The van der Waals surface area contributed by atoms with Crippen LogP contribution in [0.1, 0.15) is 6.42 Å². The molecule has 0 spiro atoms. The molecule has 2 rings (SSSR count). The van der Waals surface area contributed by atoms with Crippen LogP contribution in [0.25, 0.3) is 0 Å². The van der Waals surface area contributed by atoms with Crippen molar-refractivity contribution in [2.24, 2.45) is 0 Å². The van der Waals surface area contributed by atoms with E-state index in [9.17, 15) is 9.59 Å². The minimum Gasteiger partial charge on any atom is -0.464 e. The number of methoxy groups -OCH3 is 1. The summed E-state index contributed by atoms with van der Waals surface area (Å²) < 4.78 is 4.58. The number of fused-ring (bicyclic) bond motifs is 1. The number of ether oxygens (including phenoxy) is 1. The van der Waals surface area contributed by atoms with Crippen LogP contribution in [0, 0.1) is 0 Å². The first-order valence-corrected chi connectivity index (χ1v) is 5.01. The van der Waals surface area contributed by atoms with Gasteiger partial charge in [0, 0.05) is 17.6 Å². The van der Waals surface area contributed by atoms with Gasteiger partial charge in [-0.3, -0.25) is 4.79 Å². The molecule has 2 aliphatic rings. The zero-order valence-electron chi connectivity index (χ0n) is 7.15. The van der Waals surface area contributed by atoms with E-state index < -0.39 is 5.97 Å². The van der Waals surface area contributed by atoms with Crippen LogP contribution < -0.4 is 0 Å². The fourth-order valence-electron chi connectivity index (χ4n) is 1.49. The Morgan fingerprint density at radius 3 is 3.15 bits per heavy atom. The molecule has 0 radical (unpaired) electrons. The molecule has 2 heterocycles. The molecule has 0 aromatic rings. The van der Waals surface area contributed by atoms with E-state index in [4.69, 9.17) is 0 Å². The number of hydrogen-bond acceptors (Lipinski definition) is 4. The lowest BCUT2D eigenvalue weighted by Gasteiger charge is -2.42. The predicted octanol–water partition coefficient (Wildman–Crippen LogP) is 0.349. The summed E-state index contributed by atoms with van der Waals surface area (Å²) in [6.07, 6.45) is 0.557. The lowest BCUT2D eigenvalue weighted by molar-refractivity contribution is -0.149. The molecule has 0 aromatic carbocycles. The second-order valence-electron chi connectivity index (χ2n) is 2.95. The quantitative estimate of drug-likeness (QED) is 0.451. The highest BCUT2D eigenvalue weighted by Gasteiger charge is 2.42. The highest BCUT2D eigenvalue weighted by molar-refractivity contribution is 8.02. The predicted molar refractivity (Wildman–Crippen MR) is 47.8 cm³/mol. The Labute approximate surface area is 79.9 Å². The second-order valence-corrected chi connectivity index (χ2v) is 3.85. The van der Waals surface area contributed by atoms with Gasteiger partial charge in [0.2, 0.25) is 5.91 Å². The van der Waals surface area contributed by atoms with Gasteiger partial charge in [-0.2, -0.15) is 0 Å². The zero-order chi connectivity index (χ0) is 9.42. The van der Waals surface area contributed by atoms with Crippen LogP contribution >= 0.6 is 11.8 Å². The maximum Gasteiger partial charge on any atom is 0.355 e. The fourth-order valence-corrected chi connectivity index (χ4v) is 2.45. The molecule has 0 saturated carbocycles. The highest BCUT2D eigenvalue weighted by atomic mass is 32.2. The fraction of sp³-hybridized carbons (Fsp3) is 0.500. The normalized spacial score (nSPS) is 25.9. The van der Waals surface area contributed by atoms with Crippen molar-refractivity contribution < 1.29 is 14.3 Å². The summed E-state index contributed by atoms with van der Waals surface area (Å²) in [5.41, 5.74) is 0.389. The molecule has 0 aliphatic carbocycles. The van der Waals surface area contributed by atoms with Crippen LogP contribution in [0.2, 0.25) is 0 Å². The van der Waals surface area contributed by atoms with Crippen molar-refractivity contribution in [3.8, 4) is 0 Å². The number of rotatable bonds is 1. The first-order valence-electron chi connectivity index (χ1n) is 3.96. The number of thioether (sulfide) groups is 1. The second kappa shape index (κ2) is 3.06. The number of hydrogen-bond donors (Lipinski definition) is 0. The Morgan fingerprint density at radius 2 is 2.54 bits per heavy atom. The molecule has 1 amide bonds. The van der Waals surface area contributed by atoms with Gasteiger partial charge in [-0.1, -0.05) is 0 Å². The number of carbonyl (C=O) groups excluding carboxylic acids is 2. The zero-order valence-corrected chi connectivity index (χ0v) is 7.97. The molecule has 0 bridgehead atoms. The summed E-state index contributed by atoms with van der Waals surface area (Å²) >= 11 is 1.56. The molecule has 0 N–H and O–H groups in total. The third-order valence-electron chi connectivity index (χ3n) is 2.18. The monoisotopic (exact) mass is 199 g/mol. The number of nitrogens with zero attached hydrogens (tertiary/aromatic N) is 1. The van der Waals surface area contributed by atoms with Crippen LogP contribution in [-0.4, -0.2) is 35.7 Å². The minimum absolute atomic E-state index is 0.0157. The van der Waals surface area contributed by atoms with Crippen LogP contribution in [-0.2, 0) is 14.3 Å². The lowest BCUT2D eigenvalue weighted by Crippen LogP contribution is -2.55. The molecular formula is C8H9NO3S. The largest absolute Gasteiger partial charge is 0.464 e. The standard InChI is InChI=1S/C8H9NO3S/c1-12-8(11)6-4-13-3-5-2-7(10)9(5)6/h4-5H,2-3H2,1H3. The van der Waals surface area contributed by atoms with Gasteiger partial charge in [-0.15, -0.1) is 11.8 Å². The number of β-lactam (4-membered cyclic amide) rings is 1. The number of carbonyl (C=O) groups is 2. The highest BCUT2D eigenvalue weighted by Crippen LogP contribution is 2.33. The SMILES string of the molecule is COC(=O)C1=CSCC2CC(=O)N12. The van der Waals surface area contributed by atoms with Crippen LogP contribution in [0.3, 0.4) is 0 Å². The van der Waals surface area contributed by atoms with E-state index >= 15 is 0 Å². The molecular weight excluding hydrogens is 190 g/mol. The minimum atomic E-state index is -0.426. The van der Waals surface area contributed by atoms with Crippen molar-refractivity contribution in [1.82, 2.24) is 4.90 Å². The van der Waals surface area contributed by atoms with Gasteiger partial charge in [0.1, 0.15) is 5.70 Å². The van der Waals surface area contributed by atoms with Crippen molar-refractivity contribution in [3.05, 3.63) is 11.1 Å². The topological polar surface area (TPSA) is 46.6 Å². The number of esters is 1. The van der Waals surface area contributed by atoms with Crippen molar-refractivity contribution in [1.29, 1.82) is 0 Å². The first-order chi connectivity index (χ1) is 6.24. The molecule has 5 heteroatoms. The Balaban J connectivity index is 2.21. The first kappa shape index (κ1) is 8.62. The van der Waals surface area contributed by atoms with Crippen LogP contribution in [0.5, 0.6) is 0 Å². The molecule has 1 saturated heterocycles. The van der Waals surface area contributed by atoms with E-state index in [1.807, 2.05) is 0 Å². The molecule has 13 heavy (non-hydrogen) atoms. The summed E-state index contributed by atoms with van der Waals surface area (Å²) in [4.78, 5) is 23.9. The van der Waals surface area contributed by atoms with Crippen LogP contribution in [0.15, 0.2) is 11.1 Å². The lowest BCUT2D eigenvalue weighted by atomic mass is 10.0. The van der Waals surface area contributed by atoms with Gasteiger partial charge in [-0.25, -0.2) is 4.79 Å². The van der Waals surface area contributed by atoms with Crippen molar-refractivity contribution in [2.75, 3.05) is 12.9 Å². The average Bonchev–Trinajstić information content (AvgIpc) is 2.14. The summed E-state index contributed by atoms with van der Waals surface area (Å²) in [5.74, 6) is 0.471. The van der Waals surface area contributed by atoms with Gasteiger partial charge < -0.3 is 9.64 Å². The molecule has 1 fully saturated rings.